The fourth-order valence-electron chi connectivity index (χ4n) is 3.00. The lowest BCUT2D eigenvalue weighted by Crippen LogP contribution is -2.11. The Morgan fingerprint density at radius 1 is 1.04 bits per heavy atom. The number of nitrogens with one attached hydrogen (secondary N) is 2. The van der Waals surface area contributed by atoms with Gasteiger partial charge in [0.25, 0.3) is 0 Å². The first-order valence-corrected chi connectivity index (χ1v) is 8.34. The van der Waals surface area contributed by atoms with Crippen molar-refractivity contribution in [1.82, 2.24) is 10.2 Å². The first-order valence-electron chi connectivity index (χ1n) is 8.34. The van der Waals surface area contributed by atoms with Gasteiger partial charge in [0.1, 0.15) is 5.58 Å². The highest BCUT2D eigenvalue weighted by atomic mass is 19.4. The highest BCUT2D eigenvalue weighted by molar-refractivity contribution is 5.85. The van der Waals surface area contributed by atoms with Gasteiger partial charge in [0.2, 0.25) is 0 Å². The molecule has 2 aromatic heterocycles. The number of halogens is 3. The minimum atomic E-state index is -4.64. The summed E-state index contributed by atoms with van der Waals surface area (Å²) in [6.07, 6.45) is -2.90. The van der Waals surface area contributed by atoms with Crippen LogP contribution in [0.5, 0.6) is 0 Å². The van der Waals surface area contributed by atoms with Crippen molar-refractivity contribution in [2.75, 3.05) is 5.32 Å². The predicted octanol–water partition coefficient (Wildman–Crippen LogP) is 5.25. The van der Waals surface area contributed by atoms with E-state index in [0.29, 0.717) is 11.8 Å². The van der Waals surface area contributed by atoms with Crippen molar-refractivity contribution in [3.63, 3.8) is 0 Å². The number of hydrogen-bond acceptors (Lipinski definition) is 4. The van der Waals surface area contributed by atoms with Crippen LogP contribution >= 0.6 is 0 Å². The summed E-state index contributed by atoms with van der Waals surface area (Å²) in [4.78, 5) is 11.5. The van der Waals surface area contributed by atoms with Crippen molar-refractivity contribution >= 4 is 22.3 Å². The van der Waals surface area contributed by atoms with E-state index in [-0.39, 0.29) is 11.0 Å². The number of hydrogen-bond donors (Lipinski definition) is 2. The van der Waals surface area contributed by atoms with E-state index in [9.17, 15) is 18.0 Å². The van der Waals surface area contributed by atoms with Gasteiger partial charge in [-0.1, -0.05) is 12.1 Å². The molecule has 0 aliphatic heterocycles. The summed E-state index contributed by atoms with van der Waals surface area (Å²) < 4.78 is 44.3. The molecule has 2 heterocycles. The molecular formula is C20H14F3N3O2. The number of fused-ring (bicyclic) bond motifs is 1. The lowest BCUT2D eigenvalue weighted by molar-refractivity contribution is -0.136. The highest BCUT2D eigenvalue weighted by Gasteiger charge is 2.33. The lowest BCUT2D eigenvalue weighted by atomic mass is 10.1. The van der Waals surface area contributed by atoms with Gasteiger partial charge in [-0.15, -0.1) is 0 Å². The van der Waals surface area contributed by atoms with Gasteiger partial charge in [0.15, 0.2) is 0 Å². The molecule has 0 aliphatic rings. The van der Waals surface area contributed by atoms with E-state index in [4.69, 9.17) is 4.42 Å². The molecule has 4 rings (SSSR count). The Balaban J connectivity index is 1.65. The van der Waals surface area contributed by atoms with E-state index < -0.39 is 17.4 Å². The largest absolute Gasteiger partial charge is 0.423 e. The molecule has 0 saturated heterocycles. The maximum Gasteiger partial charge on any atom is 0.417 e. The van der Waals surface area contributed by atoms with E-state index in [1.165, 1.54) is 18.2 Å². The third-order valence-electron chi connectivity index (χ3n) is 4.34. The molecule has 2 aromatic carbocycles. The van der Waals surface area contributed by atoms with Gasteiger partial charge in [-0.05, 0) is 42.3 Å². The van der Waals surface area contributed by atoms with Crippen LogP contribution in [0.1, 0.15) is 11.1 Å². The van der Waals surface area contributed by atoms with Crippen molar-refractivity contribution < 1.29 is 17.6 Å². The first kappa shape index (κ1) is 17.8. The maximum absolute atomic E-state index is 13.1. The fourth-order valence-corrected chi connectivity index (χ4v) is 3.00. The van der Waals surface area contributed by atoms with Crippen molar-refractivity contribution in [3.05, 3.63) is 76.3 Å². The minimum Gasteiger partial charge on any atom is -0.423 e. The van der Waals surface area contributed by atoms with Crippen LogP contribution < -0.4 is 10.9 Å². The molecule has 28 heavy (non-hydrogen) atoms. The standard InChI is InChI=1S/C20H14F3N3O2/c1-11-10-24-26-19(11)12-2-4-13(5-3-12)25-14-6-7-15-16(20(21,22)23)9-18(27)28-17(15)8-14/h2-10,25H,1H3,(H,24,26). The molecule has 4 aromatic rings. The molecule has 0 spiro atoms. The summed E-state index contributed by atoms with van der Waals surface area (Å²) in [6.45, 7) is 1.95. The van der Waals surface area contributed by atoms with Crippen molar-refractivity contribution in [3.8, 4) is 11.3 Å². The SMILES string of the molecule is Cc1cn[nH]c1-c1ccc(Nc2ccc3c(C(F)(F)F)cc(=O)oc3c2)cc1. The molecule has 0 bridgehead atoms. The number of alkyl halides is 3. The van der Waals surface area contributed by atoms with E-state index in [1.54, 1.807) is 6.20 Å². The summed E-state index contributed by atoms with van der Waals surface area (Å²) in [5, 5.41) is 9.85. The maximum atomic E-state index is 13.1. The molecule has 0 unspecified atom stereocenters. The number of aromatic amines is 1. The van der Waals surface area contributed by atoms with Gasteiger partial charge in [-0.3, -0.25) is 5.10 Å². The summed E-state index contributed by atoms with van der Waals surface area (Å²) in [5.41, 5.74) is 1.94. The highest BCUT2D eigenvalue weighted by Crippen LogP contribution is 2.35. The number of aromatic nitrogens is 2. The smallest absolute Gasteiger partial charge is 0.417 e. The number of rotatable bonds is 3. The Bertz CT molecular complexity index is 1210. The molecule has 0 saturated carbocycles. The van der Waals surface area contributed by atoms with Crippen LogP contribution in [-0.4, -0.2) is 10.2 Å². The first-order chi connectivity index (χ1) is 13.3. The second-order valence-corrected chi connectivity index (χ2v) is 6.32. The van der Waals surface area contributed by atoms with E-state index in [1.807, 2.05) is 31.2 Å². The van der Waals surface area contributed by atoms with Crippen LogP contribution in [0.4, 0.5) is 24.5 Å². The summed E-state index contributed by atoms with van der Waals surface area (Å²) in [5.74, 6) is 0. The van der Waals surface area contributed by atoms with Crippen LogP contribution in [0.15, 0.2) is 63.9 Å². The quantitative estimate of drug-likeness (QED) is 0.472. The lowest BCUT2D eigenvalue weighted by Gasteiger charge is -2.11. The zero-order chi connectivity index (χ0) is 19.9. The van der Waals surface area contributed by atoms with Crippen LogP contribution in [-0.2, 0) is 6.18 Å². The fraction of sp³-hybridized carbons (Fsp3) is 0.100. The Hall–Kier alpha value is -3.55. The van der Waals surface area contributed by atoms with Crippen LogP contribution in [0.2, 0.25) is 0 Å². The monoisotopic (exact) mass is 385 g/mol. The van der Waals surface area contributed by atoms with Crippen molar-refractivity contribution in [2.45, 2.75) is 13.1 Å². The van der Waals surface area contributed by atoms with Gasteiger partial charge >= 0.3 is 11.8 Å². The predicted molar refractivity (Wildman–Crippen MR) is 99.5 cm³/mol. The van der Waals surface area contributed by atoms with E-state index in [2.05, 4.69) is 15.5 Å². The second kappa shape index (κ2) is 6.56. The molecule has 8 heteroatoms. The van der Waals surface area contributed by atoms with Gasteiger partial charge in [0.05, 0.1) is 17.5 Å². The number of nitrogens with zero attached hydrogens (tertiary/aromatic N) is 1. The normalized spacial score (nSPS) is 11.7. The third-order valence-corrected chi connectivity index (χ3v) is 4.34. The third kappa shape index (κ3) is 3.36. The Kier molecular flexibility index (Phi) is 4.18. The van der Waals surface area contributed by atoms with Crippen molar-refractivity contribution in [1.29, 1.82) is 0 Å². The molecule has 0 aliphatic carbocycles. The number of aryl methyl sites for hydroxylation is 1. The zero-order valence-corrected chi connectivity index (χ0v) is 14.6. The number of anilines is 2. The van der Waals surface area contributed by atoms with Crippen LogP contribution in [0.3, 0.4) is 0 Å². The summed E-state index contributed by atoms with van der Waals surface area (Å²) in [6, 6.07) is 12.1. The van der Waals surface area contributed by atoms with Gasteiger partial charge in [-0.25, -0.2) is 4.79 Å². The molecule has 0 fully saturated rings. The average molecular weight is 385 g/mol. The van der Waals surface area contributed by atoms with E-state index in [0.717, 1.165) is 22.5 Å². The topological polar surface area (TPSA) is 70.9 Å². The number of H-pyrrole nitrogens is 1. The van der Waals surface area contributed by atoms with Gasteiger partial charge in [0, 0.05) is 28.9 Å². The summed E-state index contributed by atoms with van der Waals surface area (Å²) in [7, 11) is 0. The van der Waals surface area contributed by atoms with Gasteiger partial charge in [-0.2, -0.15) is 18.3 Å². The Labute approximate surface area is 156 Å². The molecule has 0 atom stereocenters. The molecule has 142 valence electrons. The molecule has 0 radical (unpaired) electrons. The van der Waals surface area contributed by atoms with Crippen molar-refractivity contribution in [2.24, 2.45) is 0 Å². The zero-order valence-electron chi connectivity index (χ0n) is 14.6. The molecule has 0 amide bonds. The second-order valence-electron chi connectivity index (χ2n) is 6.32. The van der Waals surface area contributed by atoms with Crippen LogP contribution in [0.25, 0.3) is 22.2 Å². The molecule has 2 N–H and O–H groups in total. The average Bonchev–Trinajstić information content (AvgIpc) is 3.06. The molecular weight excluding hydrogens is 371 g/mol. The summed E-state index contributed by atoms with van der Waals surface area (Å²) >= 11 is 0. The van der Waals surface area contributed by atoms with Crippen LogP contribution in [0, 0.1) is 6.92 Å². The van der Waals surface area contributed by atoms with E-state index >= 15 is 0 Å². The minimum absolute atomic E-state index is 0.130. The van der Waals surface area contributed by atoms with Gasteiger partial charge < -0.3 is 9.73 Å². The number of benzene rings is 2. The Morgan fingerprint density at radius 2 is 1.75 bits per heavy atom. The Morgan fingerprint density at radius 3 is 2.39 bits per heavy atom. The molecule has 5 nitrogen and oxygen atoms in total.